The Morgan fingerprint density at radius 2 is 1.82 bits per heavy atom. The third kappa shape index (κ3) is 2.53. The molecule has 1 N–H and O–H groups in total. The average molecular weight is 236 g/mol. The highest BCUT2D eigenvalue weighted by atomic mass is 15.1. The van der Waals surface area contributed by atoms with Crippen LogP contribution in [-0.2, 0) is 0 Å². The fraction of sp³-hybridized carbons (Fsp3) is 1.00. The van der Waals surface area contributed by atoms with Crippen molar-refractivity contribution in [1.29, 1.82) is 0 Å². The lowest BCUT2D eigenvalue weighted by Gasteiger charge is -2.32. The van der Waals surface area contributed by atoms with Gasteiger partial charge in [0.05, 0.1) is 0 Å². The van der Waals surface area contributed by atoms with E-state index in [1.54, 1.807) is 0 Å². The number of nitrogens with zero attached hydrogens (tertiary/aromatic N) is 1. The van der Waals surface area contributed by atoms with E-state index >= 15 is 0 Å². The molecule has 0 aromatic heterocycles. The van der Waals surface area contributed by atoms with Crippen LogP contribution < -0.4 is 5.32 Å². The van der Waals surface area contributed by atoms with Crippen LogP contribution in [0.15, 0.2) is 0 Å². The molecule has 17 heavy (non-hydrogen) atoms. The van der Waals surface area contributed by atoms with Crippen LogP contribution in [0.2, 0.25) is 0 Å². The van der Waals surface area contributed by atoms with Crippen LogP contribution >= 0.6 is 0 Å². The van der Waals surface area contributed by atoms with Gasteiger partial charge < -0.3 is 10.2 Å². The van der Waals surface area contributed by atoms with E-state index < -0.39 is 0 Å². The van der Waals surface area contributed by atoms with Crippen LogP contribution in [-0.4, -0.2) is 37.6 Å². The summed E-state index contributed by atoms with van der Waals surface area (Å²) in [5.74, 6) is 1.02. The van der Waals surface area contributed by atoms with Gasteiger partial charge in [-0.15, -0.1) is 0 Å². The molecule has 1 atom stereocenters. The highest BCUT2D eigenvalue weighted by Gasteiger charge is 2.53. The summed E-state index contributed by atoms with van der Waals surface area (Å²) in [7, 11) is 2.38. The van der Waals surface area contributed by atoms with Crippen LogP contribution in [0.5, 0.6) is 0 Å². The van der Waals surface area contributed by atoms with Crippen LogP contribution in [0.4, 0.5) is 0 Å². The molecule has 1 aliphatic heterocycles. The molecule has 3 aliphatic rings. The molecule has 0 bridgehead atoms. The molecule has 98 valence electrons. The predicted molar refractivity (Wildman–Crippen MR) is 72.1 cm³/mol. The topological polar surface area (TPSA) is 15.3 Å². The molecule has 1 spiro atoms. The summed E-state index contributed by atoms with van der Waals surface area (Å²) in [5.41, 5.74) is 0.772. The number of nitrogens with one attached hydrogen (secondary N) is 1. The van der Waals surface area contributed by atoms with Crippen LogP contribution in [0.1, 0.15) is 51.4 Å². The van der Waals surface area contributed by atoms with Crippen LogP contribution in [0, 0.1) is 11.3 Å². The number of hydrogen-bond acceptors (Lipinski definition) is 2. The Balaban J connectivity index is 1.47. The second kappa shape index (κ2) is 4.89. The van der Waals surface area contributed by atoms with E-state index in [0.717, 1.165) is 17.4 Å². The van der Waals surface area contributed by atoms with E-state index in [1.807, 2.05) is 0 Å². The molecule has 0 radical (unpaired) electrons. The Morgan fingerprint density at radius 1 is 1.12 bits per heavy atom. The van der Waals surface area contributed by atoms with E-state index in [-0.39, 0.29) is 0 Å². The molecule has 0 aromatic carbocycles. The van der Waals surface area contributed by atoms with Crippen molar-refractivity contribution >= 4 is 0 Å². The minimum absolute atomic E-state index is 0.772. The van der Waals surface area contributed by atoms with E-state index in [2.05, 4.69) is 17.3 Å². The molecule has 0 aromatic rings. The molecule has 2 nitrogen and oxygen atoms in total. The summed E-state index contributed by atoms with van der Waals surface area (Å²) in [5, 5.41) is 3.50. The summed E-state index contributed by atoms with van der Waals surface area (Å²) >= 11 is 0. The minimum atomic E-state index is 0.772. The first-order valence-corrected chi connectivity index (χ1v) is 7.71. The molecular weight excluding hydrogens is 208 g/mol. The molecule has 2 saturated carbocycles. The Hall–Kier alpha value is -0.0800. The average Bonchev–Trinajstić information content (AvgIpc) is 3.03. The van der Waals surface area contributed by atoms with Crippen molar-refractivity contribution in [3.05, 3.63) is 0 Å². The molecule has 2 heteroatoms. The molecule has 1 saturated heterocycles. The lowest BCUT2D eigenvalue weighted by molar-refractivity contribution is 0.171. The summed E-state index contributed by atoms with van der Waals surface area (Å²) < 4.78 is 0. The highest BCUT2D eigenvalue weighted by Crippen LogP contribution is 2.58. The van der Waals surface area contributed by atoms with Crippen molar-refractivity contribution in [1.82, 2.24) is 10.2 Å². The zero-order chi connectivity index (χ0) is 11.7. The molecule has 2 aliphatic carbocycles. The smallest absolute Gasteiger partial charge is 0.00923 e. The lowest BCUT2D eigenvalue weighted by Crippen LogP contribution is -2.37. The summed E-state index contributed by atoms with van der Waals surface area (Å²) in [6, 6.07) is 0.906. The Labute approximate surface area is 106 Å². The van der Waals surface area contributed by atoms with Crippen molar-refractivity contribution < 1.29 is 0 Å². The Bertz CT molecular complexity index is 252. The van der Waals surface area contributed by atoms with Crippen molar-refractivity contribution in [2.24, 2.45) is 11.3 Å². The van der Waals surface area contributed by atoms with Gasteiger partial charge in [0.2, 0.25) is 0 Å². The quantitative estimate of drug-likeness (QED) is 0.810. The third-order valence-electron chi connectivity index (χ3n) is 5.66. The second-order valence-electron chi connectivity index (χ2n) is 6.74. The van der Waals surface area contributed by atoms with Gasteiger partial charge in [0.15, 0.2) is 0 Å². The number of rotatable bonds is 3. The first-order valence-electron chi connectivity index (χ1n) is 7.71. The largest absolute Gasteiger partial charge is 0.317 e. The van der Waals surface area contributed by atoms with E-state index in [0.29, 0.717) is 0 Å². The van der Waals surface area contributed by atoms with Gasteiger partial charge in [-0.3, -0.25) is 0 Å². The van der Waals surface area contributed by atoms with Crippen LogP contribution in [0.25, 0.3) is 0 Å². The minimum Gasteiger partial charge on any atom is -0.317 e. The molecule has 0 amide bonds. The summed E-state index contributed by atoms with van der Waals surface area (Å²) in [6.07, 6.45) is 11.7. The van der Waals surface area contributed by atoms with Gasteiger partial charge in [-0.05, 0) is 63.6 Å². The monoisotopic (exact) mass is 236 g/mol. The maximum Gasteiger partial charge on any atom is 0.00923 e. The molecule has 1 heterocycles. The zero-order valence-electron chi connectivity index (χ0n) is 11.4. The first kappa shape index (κ1) is 12.0. The highest BCUT2D eigenvalue weighted by molar-refractivity contribution is 5.05. The number of piperidine rings is 1. The zero-order valence-corrected chi connectivity index (χ0v) is 11.4. The van der Waals surface area contributed by atoms with Crippen molar-refractivity contribution in [3.8, 4) is 0 Å². The van der Waals surface area contributed by atoms with Gasteiger partial charge in [-0.1, -0.05) is 19.3 Å². The van der Waals surface area contributed by atoms with Gasteiger partial charge in [-0.2, -0.15) is 0 Å². The van der Waals surface area contributed by atoms with Crippen LogP contribution in [0.3, 0.4) is 0 Å². The first-order chi connectivity index (χ1) is 8.30. The standard InChI is InChI=1S/C15H28N2/c1-17(14-5-3-2-4-6-14)12-13-11-15(13)7-9-16-10-8-15/h13-14,16H,2-12H2,1H3. The number of hydrogen-bond donors (Lipinski definition) is 1. The fourth-order valence-electron chi connectivity index (χ4n) is 4.25. The van der Waals surface area contributed by atoms with Crippen molar-refractivity contribution in [2.45, 2.75) is 57.4 Å². The lowest BCUT2D eigenvalue weighted by atomic mass is 9.91. The maximum absolute atomic E-state index is 3.50. The Kier molecular flexibility index (Phi) is 3.45. The van der Waals surface area contributed by atoms with E-state index in [4.69, 9.17) is 0 Å². The van der Waals surface area contributed by atoms with Gasteiger partial charge in [-0.25, -0.2) is 0 Å². The third-order valence-corrected chi connectivity index (χ3v) is 5.66. The normalized spacial score (nSPS) is 33.2. The van der Waals surface area contributed by atoms with Gasteiger partial charge >= 0.3 is 0 Å². The van der Waals surface area contributed by atoms with E-state index in [1.165, 1.54) is 71.0 Å². The van der Waals surface area contributed by atoms with Gasteiger partial charge in [0.25, 0.3) is 0 Å². The SMILES string of the molecule is CN(CC1CC12CCNCC2)C1CCCCC1. The fourth-order valence-corrected chi connectivity index (χ4v) is 4.25. The predicted octanol–water partition coefficient (Wildman–Crippen LogP) is 2.64. The van der Waals surface area contributed by atoms with Gasteiger partial charge in [0, 0.05) is 12.6 Å². The van der Waals surface area contributed by atoms with E-state index in [9.17, 15) is 0 Å². The van der Waals surface area contributed by atoms with Crippen molar-refractivity contribution in [3.63, 3.8) is 0 Å². The molecule has 3 rings (SSSR count). The molecule has 1 unspecified atom stereocenters. The maximum atomic E-state index is 3.50. The molecule has 3 fully saturated rings. The summed E-state index contributed by atoms with van der Waals surface area (Å²) in [4.78, 5) is 2.70. The van der Waals surface area contributed by atoms with Crippen molar-refractivity contribution in [2.75, 3.05) is 26.7 Å². The van der Waals surface area contributed by atoms with Gasteiger partial charge in [0.1, 0.15) is 0 Å². The second-order valence-corrected chi connectivity index (χ2v) is 6.74. The molecular formula is C15H28N2. The summed E-state index contributed by atoms with van der Waals surface area (Å²) in [6.45, 7) is 3.91. The Morgan fingerprint density at radius 3 is 2.53 bits per heavy atom.